The van der Waals surface area contributed by atoms with Gasteiger partial charge in [0.15, 0.2) is 0 Å². The number of aryl methyl sites for hydroxylation is 1. The number of carbonyl (C=O) groups is 1. The number of methoxy groups -OCH3 is 1. The van der Waals surface area contributed by atoms with Gasteiger partial charge in [0.1, 0.15) is 23.7 Å². The second-order valence-electron chi connectivity index (χ2n) is 7.81. The number of hydrogen-bond donors (Lipinski definition) is 0. The number of benzene rings is 3. The molecule has 3 aromatic rings. The van der Waals surface area contributed by atoms with E-state index in [0.717, 1.165) is 16.2 Å². The van der Waals surface area contributed by atoms with E-state index in [1.54, 1.807) is 31.4 Å². The molecule has 8 heteroatoms. The standard InChI is InChI=1S/C26H23F3N2O3/c1-33-21-15-12-18(13-16-21)14-17-22-30-23(19-8-4-2-5-9-19)24(20-10-6-3-7-11-20)31(22)34-25(32)26(27,28)29/h2-13,15-16,23-24H,14,17H2,1H3. The van der Waals surface area contributed by atoms with Crippen molar-refractivity contribution in [3.8, 4) is 5.75 Å². The van der Waals surface area contributed by atoms with Crippen molar-refractivity contribution >= 4 is 11.8 Å². The van der Waals surface area contributed by atoms with Crippen molar-refractivity contribution in [2.24, 2.45) is 4.99 Å². The number of alkyl halides is 3. The molecule has 0 bridgehead atoms. The van der Waals surface area contributed by atoms with E-state index < -0.39 is 24.2 Å². The highest BCUT2D eigenvalue weighted by Crippen LogP contribution is 2.43. The highest BCUT2D eigenvalue weighted by molar-refractivity contribution is 5.86. The molecule has 0 amide bonds. The van der Waals surface area contributed by atoms with Gasteiger partial charge in [-0.25, -0.2) is 4.79 Å². The minimum absolute atomic E-state index is 0.274. The molecule has 0 saturated carbocycles. The van der Waals surface area contributed by atoms with Gasteiger partial charge in [0, 0.05) is 6.42 Å². The molecule has 34 heavy (non-hydrogen) atoms. The fourth-order valence-corrected chi connectivity index (χ4v) is 3.93. The lowest BCUT2D eigenvalue weighted by Crippen LogP contribution is -2.39. The van der Waals surface area contributed by atoms with E-state index in [0.29, 0.717) is 17.7 Å². The second kappa shape index (κ2) is 9.99. The molecule has 1 heterocycles. The van der Waals surface area contributed by atoms with Crippen molar-refractivity contribution in [3.05, 3.63) is 102 Å². The third-order valence-corrected chi connectivity index (χ3v) is 5.59. The summed E-state index contributed by atoms with van der Waals surface area (Å²) in [4.78, 5) is 21.6. The number of nitrogens with zero attached hydrogens (tertiary/aromatic N) is 2. The molecular weight excluding hydrogens is 445 g/mol. The van der Waals surface area contributed by atoms with Gasteiger partial charge in [-0.3, -0.25) is 4.99 Å². The Kier molecular flexibility index (Phi) is 6.86. The van der Waals surface area contributed by atoms with E-state index in [1.165, 1.54) is 0 Å². The van der Waals surface area contributed by atoms with Crippen LogP contribution in [-0.4, -0.2) is 30.2 Å². The lowest BCUT2D eigenvalue weighted by molar-refractivity contribution is -0.230. The fraction of sp³-hybridized carbons (Fsp3) is 0.231. The first-order valence-corrected chi connectivity index (χ1v) is 10.7. The van der Waals surface area contributed by atoms with Crippen LogP contribution in [0, 0.1) is 0 Å². The maximum absolute atomic E-state index is 13.1. The van der Waals surface area contributed by atoms with E-state index >= 15 is 0 Å². The molecule has 0 N–H and O–H groups in total. The molecule has 176 valence electrons. The molecule has 0 fully saturated rings. The maximum Gasteiger partial charge on any atom is 0.493 e. The summed E-state index contributed by atoms with van der Waals surface area (Å²) in [7, 11) is 1.57. The van der Waals surface area contributed by atoms with Crippen LogP contribution < -0.4 is 4.74 Å². The van der Waals surface area contributed by atoms with Gasteiger partial charge >= 0.3 is 12.1 Å². The number of rotatable bonds is 7. The van der Waals surface area contributed by atoms with Crippen LogP contribution in [-0.2, 0) is 16.1 Å². The third-order valence-electron chi connectivity index (χ3n) is 5.59. The number of ether oxygens (including phenoxy) is 1. The molecule has 0 spiro atoms. The van der Waals surface area contributed by atoms with Crippen LogP contribution in [0.25, 0.3) is 0 Å². The normalized spacial score (nSPS) is 17.9. The van der Waals surface area contributed by atoms with E-state index in [-0.39, 0.29) is 12.3 Å². The van der Waals surface area contributed by atoms with Crippen molar-refractivity contribution in [2.75, 3.05) is 7.11 Å². The minimum atomic E-state index is -5.13. The van der Waals surface area contributed by atoms with Crippen LogP contribution in [0.3, 0.4) is 0 Å². The van der Waals surface area contributed by atoms with Gasteiger partial charge in [-0.1, -0.05) is 72.8 Å². The van der Waals surface area contributed by atoms with Crippen molar-refractivity contribution in [1.82, 2.24) is 5.06 Å². The summed E-state index contributed by atoms with van der Waals surface area (Å²) < 4.78 is 44.6. The Labute approximate surface area is 195 Å². The maximum atomic E-state index is 13.1. The van der Waals surface area contributed by atoms with Gasteiger partial charge in [0.2, 0.25) is 0 Å². The average molecular weight is 468 g/mol. The predicted molar refractivity (Wildman–Crippen MR) is 121 cm³/mol. The number of carbonyl (C=O) groups excluding carboxylic acids is 1. The van der Waals surface area contributed by atoms with Crippen molar-refractivity contribution in [2.45, 2.75) is 31.1 Å². The van der Waals surface area contributed by atoms with E-state index in [4.69, 9.17) is 14.6 Å². The molecule has 0 radical (unpaired) electrons. The lowest BCUT2D eigenvalue weighted by Gasteiger charge is -2.29. The number of halogens is 3. The van der Waals surface area contributed by atoms with E-state index in [9.17, 15) is 18.0 Å². The summed E-state index contributed by atoms with van der Waals surface area (Å²) in [5.74, 6) is -1.30. The summed E-state index contributed by atoms with van der Waals surface area (Å²) >= 11 is 0. The summed E-state index contributed by atoms with van der Waals surface area (Å²) in [6.45, 7) is 0. The van der Waals surface area contributed by atoms with E-state index in [1.807, 2.05) is 60.7 Å². The summed E-state index contributed by atoms with van der Waals surface area (Å²) in [6.07, 6.45) is -4.36. The Balaban J connectivity index is 1.69. The minimum Gasteiger partial charge on any atom is -0.497 e. The Morgan fingerprint density at radius 2 is 1.47 bits per heavy atom. The highest BCUT2D eigenvalue weighted by Gasteiger charge is 2.47. The van der Waals surface area contributed by atoms with Gasteiger partial charge in [0.25, 0.3) is 0 Å². The van der Waals surface area contributed by atoms with Gasteiger partial charge in [0.05, 0.1) is 7.11 Å². The molecule has 0 aromatic heterocycles. The number of aliphatic imine (C=N–C) groups is 1. The van der Waals surface area contributed by atoms with Crippen molar-refractivity contribution in [1.29, 1.82) is 0 Å². The monoisotopic (exact) mass is 468 g/mol. The first-order valence-electron chi connectivity index (χ1n) is 10.7. The van der Waals surface area contributed by atoms with Crippen LogP contribution in [0.2, 0.25) is 0 Å². The Bertz CT molecular complexity index is 1130. The Hall–Kier alpha value is -3.81. The Morgan fingerprint density at radius 3 is 2.03 bits per heavy atom. The molecule has 5 nitrogen and oxygen atoms in total. The highest BCUT2D eigenvalue weighted by atomic mass is 19.4. The lowest BCUT2D eigenvalue weighted by atomic mass is 9.95. The molecular formula is C26H23F3N2O3. The Morgan fingerprint density at radius 1 is 0.882 bits per heavy atom. The molecule has 1 aliphatic rings. The zero-order valence-electron chi connectivity index (χ0n) is 18.4. The molecule has 1 aliphatic heterocycles. The third kappa shape index (κ3) is 5.22. The average Bonchev–Trinajstić information content (AvgIpc) is 3.21. The van der Waals surface area contributed by atoms with Gasteiger partial charge in [-0.2, -0.15) is 18.2 Å². The molecule has 2 atom stereocenters. The fourth-order valence-electron chi connectivity index (χ4n) is 3.93. The van der Waals surface area contributed by atoms with Crippen LogP contribution >= 0.6 is 0 Å². The van der Waals surface area contributed by atoms with Crippen LogP contribution in [0.1, 0.15) is 35.2 Å². The zero-order valence-corrected chi connectivity index (χ0v) is 18.4. The molecule has 0 aliphatic carbocycles. The topological polar surface area (TPSA) is 51.1 Å². The predicted octanol–water partition coefficient (Wildman–Crippen LogP) is 5.85. The van der Waals surface area contributed by atoms with Crippen LogP contribution in [0.15, 0.2) is 89.9 Å². The van der Waals surface area contributed by atoms with Crippen LogP contribution in [0.5, 0.6) is 5.75 Å². The zero-order chi connectivity index (χ0) is 24.1. The molecule has 4 rings (SSSR count). The van der Waals surface area contributed by atoms with Gasteiger partial charge in [-0.05, 0) is 35.2 Å². The van der Waals surface area contributed by atoms with Gasteiger partial charge in [-0.15, -0.1) is 0 Å². The van der Waals surface area contributed by atoms with Crippen molar-refractivity contribution < 1.29 is 27.5 Å². The van der Waals surface area contributed by atoms with Gasteiger partial charge < -0.3 is 9.57 Å². The number of hydrogen-bond acceptors (Lipinski definition) is 5. The largest absolute Gasteiger partial charge is 0.497 e. The quantitative estimate of drug-likeness (QED) is 0.437. The number of hydroxylamine groups is 2. The first kappa shape index (κ1) is 23.4. The smallest absolute Gasteiger partial charge is 0.493 e. The second-order valence-corrected chi connectivity index (χ2v) is 7.81. The van der Waals surface area contributed by atoms with E-state index in [2.05, 4.69) is 0 Å². The summed E-state index contributed by atoms with van der Waals surface area (Å²) in [5, 5.41) is 1.03. The number of amidine groups is 1. The molecule has 0 saturated heterocycles. The summed E-state index contributed by atoms with van der Waals surface area (Å²) in [5.41, 5.74) is 2.45. The summed E-state index contributed by atoms with van der Waals surface area (Å²) in [6, 6.07) is 24.3. The van der Waals surface area contributed by atoms with Crippen LogP contribution in [0.4, 0.5) is 13.2 Å². The molecule has 2 unspecified atom stereocenters. The SMILES string of the molecule is COc1ccc(CCC2=NC(c3ccccc3)C(c3ccccc3)N2OC(=O)C(F)(F)F)cc1. The van der Waals surface area contributed by atoms with Crippen molar-refractivity contribution in [3.63, 3.8) is 0 Å². The first-order chi connectivity index (χ1) is 16.4. The molecule has 3 aromatic carbocycles.